The Bertz CT molecular complexity index is 365. The highest BCUT2D eigenvalue weighted by Gasteiger charge is 2.19. The molecule has 4 nitrogen and oxygen atoms in total. The molecule has 1 N–H and O–H groups in total. The number of anilines is 1. The van der Waals surface area contributed by atoms with Crippen LogP contribution in [0.15, 0.2) is 12.3 Å². The monoisotopic (exact) mass is 202 g/mol. The Morgan fingerprint density at radius 2 is 2.40 bits per heavy atom. The molecule has 1 fully saturated rings. The van der Waals surface area contributed by atoms with E-state index in [1.807, 2.05) is 0 Å². The maximum atomic E-state index is 8.82. The van der Waals surface area contributed by atoms with Gasteiger partial charge in [-0.3, -0.25) is 0 Å². The molecule has 0 bridgehead atoms. The Morgan fingerprint density at radius 1 is 1.53 bits per heavy atom. The van der Waals surface area contributed by atoms with E-state index in [0.29, 0.717) is 11.4 Å². The van der Waals surface area contributed by atoms with Gasteiger partial charge >= 0.3 is 0 Å². The molecule has 0 aromatic carbocycles. The third kappa shape index (κ3) is 2.91. The van der Waals surface area contributed by atoms with Crippen LogP contribution >= 0.6 is 0 Å². The van der Waals surface area contributed by atoms with Gasteiger partial charge in [-0.2, -0.15) is 10.4 Å². The maximum Gasteiger partial charge on any atom is 0.166 e. The van der Waals surface area contributed by atoms with E-state index in [0.717, 1.165) is 18.9 Å². The van der Waals surface area contributed by atoms with Crippen LogP contribution in [-0.2, 0) is 0 Å². The van der Waals surface area contributed by atoms with Crippen molar-refractivity contribution in [3.05, 3.63) is 17.8 Å². The van der Waals surface area contributed by atoms with Gasteiger partial charge < -0.3 is 5.32 Å². The summed E-state index contributed by atoms with van der Waals surface area (Å²) in [6, 6.07) is 3.77. The third-order valence-electron chi connectivity index (χ3n) is 2.62. The second-order valence-electron chi connectivity index (χ2n) is 3.92. The molecule has 15 heavy (non-hydrogen) atoms. The van der Waals surface area contributed by atoms with E-state index >= 15 is 0 Å². The van der Waals surface area contributed by atoms with Gasteiger partial charge in [0.05, 0.1) is 11.8 Å². The van der Waals surface area contributed by atoms with Gasteiger partial charge in [-0.15, -0.1) is 5.10 Å². The van der Waals surface area contributed by atoms with Gasteiger partial charge in [-0.1, -0.05) is 12.8 Å². The van der Waals surface area contributed by atoms with E-state index < -0.39 is 0 Å². The van der Waals surface area contributed by atoms with Crippen LogP contribution in [0.2, 0.25) is 0 Å². The van der Waals surface area contributed by atoms with Crippen molar-refractivity contribution in [3.63, 3.8) is 0 Å². The minimum atomic E-state index is 0.566. The number of aromatic nitrogens is 2. The van der Waals surface area contributed by atoms with Crippen LogP contribution in [0.1, 0.15) is 31.2 Å². The first-order valence-corrected chi connectivity index (χ1v) is 5.36. The number of rotatable bonds is 5. The first-order valence-electron chi connectivity index (χ1n) is 5.36. The Labute approximate surface area is 89.3 Å². The molecule has 1 aromatic heterocycles. The van der Waals surface area contributed by atoms with Gasteiger partial charge in [0.25, 0.3) is 0 Å². The summed E-state index contributed by atoms with van der Waals surface area (Å²) in [4.78, 5) is 0. The minimum absolute atomic E-state index is 0.566. The van der Waals surface area contributed by atoms with Crippen molar-refractivity contribution < 1.29 is 0 Å². The molecule has 0 spiro atoms. The Balaban J connectivity index is 1.79. The number of nitrogens with one attached hydrogen (secondary N) is 1. The van der Waals surface area contributed by atoms with Crippen LogP contribution in [0.3, 0.4) is 0 Å². The van der Waals surface area contributed by atoms with Gasteiger partial charge in [0, 0.05) is 6.54 Å². The van der Waals surface area contributed by atoms with Gasteiger partial charge in [0.1, 0.15) is 6.07 Å². The molecule has 0 amide bonds. The smallest absolute Gasteiger partial charge is 0.166 e. The van der Waals surface area contributed by atoms with Crippen molar-refractivity contribution >= 4 is 5.82 Å². The standard InChI is InChI=1S/C11H14N4/c12-8-10-5-7-14-15-11(10)13-6-1-2-9-3-4-9/h5,7,9H,1-4,6H2,(H,13,15). The number of hydrogen-bond acceptors (Lipinski definition) is 4. The lowest BCUT2D eigenvalue weighted by molar-refractivity contribution is 0.686. The molecule has 0 atom stereocenters. The Kier molecular flexibility index (Phi) is 3.13. The fourth-order valence-electron chi connectivity index (χ4n) is 1.56. The van der Waals surface area contributed by atoms with Crippen molar-refractivity contribution in [1.29, 1.82) is 5.26 Å². The predicted molar refractivity (Wildman–Crippen MR) is 57.2 cm³/mol. The van der Waals surface area contributed by atoms with E-state index in [1.165, 1.54) is 25.5 Å². The molecule has 1 saturated carbocycles. The zero-order valence-electron chi connectivity index (χ0n) is 8.61. The quantitative estimate of drug-likeness (QED) is 0.741. The lowest BCUT2D eigenvalue weighted by Crippen LogP contribution is -2.06. The zero-order chi connectivity index (χ0) is 10.5. The Morgan fingerprint density at radius 3 is 3.13 bits per heavy atom. The van der Waals surface area contributed by atoms with Crippen LogP contribution in [0.5, 0.6) is 0 Å². The van der Waals surface area contributed by atoms with E-state index in [1.54, 1.807) is 6.07 Å². The Hall–Kier alpha value is -1.63. The fraction of sp³-hybridized carbons (Fsp3) is 0.545. The summed E-state index contributed by atoms with van der Waals surface area (Å²) in [6.07, 6.45) is 6.76. The van der Waals surface area contributed by atoms with Crippen molar-refractivity contribution in [2.75, 3.05) is 11.9 Å². The van der Waals surface area contributed by atoms with E-state index in [9.17, 15) is 0 Å². The topological polar surface area (TPSA) is 61.6 Å². The summed E-state index contributed by atoms with van der Waals surface area (Å²) >= 11 is 0. The average molecular weight is 202 g/mol. The van der Waals surface area contributed by atoms with Gasteiger partial charge in [0.15, 0.2) is 5.82 Å². The van der Waals surface area contributed by atoms with Crippen LogP contribution in [0.25, 0.3) is 0 Å². The van der Waals surface area contributed by atoms with E-state index in [-0.39, 0.29) is 0 Å². The molecule has 0 radical (unpaired) electrons. The van der Waals surface area contributed by atoms with Gasteiger partial charge in [0.2, 0.25) is 0 Å². The van der Waals surface area contributed by atoms with Gasteiger partial charge in [-0.05, 0) is 24.8 Å². The van der Waals surface area contributed by atoms with E-state index in [4.69, 9.17) is 5.26 Å². The zero-order valence-corrected chi connectivity index (χ0v) is 8.61. The molecule has 1 aliphatic carbocycles. The van der Waals surface area contributed by atoms with Crippen LogP contribution in [0, 0.1) is 17.2 Å². The van der Waals surface area contributed by atoms with Crippen molar-refractivity contribution in [2.45, 2.75) is 25.7 Å². The number of hydrogen-bond donors (Lipinski definition) is 1. The molecule has 0 unspecified atom stereocenters. The molecule has 1 aliphatic rings. The summed E-state index contributed by atoms with van der Waals surface area (Å²) in [5, 5.41) is 19.6. The highest BCUT2D eigenvalue weighted by molar-refractivity contribution is 5.49. The molecular weight excluding hydrogens is 188 g/mol. The predicted octanol–water partition coefficient (Wildman–Crippen LogP) is 1.95. The maximum absolute atomic E-state index is 8.82. The van der Waals surface area contributed by atoms with Crippen molar-refractivity contribution in [3.8, 4) is 6.07 Å². The van der Waals surface area contributed by atoms with Crippen molar-refractivity contribution in [1.82, 2.24) is 10.2 Å². The van der Waals surface area contributed by atoms with Crippen molar-refractivity contribution in [2.24, 2.45) is 5.92 Å². The number of nitrogens with zero attached hydrogens (tertiary/aromatic N) is 3. The second-order valence-corrected chi connectivity index (χ2v) is 3.92. The van der Waals surface area contributed by atoms with Crippen LogP contribution in [-0.4, -0.2) is 16.7 Å². The van der Waals surface area contributed by atoms with Crippen LogP contribution < -0.4 is 5.32 Å². The lowest BCUT2D eigenvalue weighted by atomic mass is 10.2. The highest BCUT2D eigenvalue weighted by atomic mass is 15.2. The summed E-state index contributed by atoms with van der Waals surface area (Å²) < 4.78 is 0. The molecule has 0 aliphatic heterocycles. The van der Waals surface area contributed by atoms with Gasteiger partial charge in [-0.25, -0.2) is 0 Å². The SMILES string of the molecule is N#Cc1ccnnc1NCCCC1CC1. The first kappa shape index (κ1) is 9.91. The molecule has 2 rings (SSSR count). The normalized spacial score (nSPS) is 14.6. The fourth-order valence-corrected chi connectivity index (χ4v) is 1.56. The summed E-state index contributed by atoms with van der Waals surface area (Å²) in [6.45, 7) is 0.879. The molecule has 1 aromatic rings. The average Bonchev–Trinajstić information content (AvgIpc) is 3.09. The first-order chi connectivity index (χ1) is 7.40. The molecule has 4 heteroatoms. The molecule has 1 heterocycles. The third-order valence-corrected chi connectivity index (χ3v) is 2.62. The number of nitriles is 1. The molecule has 0 saturated heterocycles. The summed E-state index contributed by atoms with van der Waals surface area (Å²) in [5.74, 6) is 1.57. The summed E-state index contributed by atoms with van der Waals surface area (Å²) in [5.41, 5.74) is 0.566. The lowest BCUT2D eigenvalue weighted by Gasteiger charge is -2.04. The largest absolute Gasteiger partial charge is 0.367 e. The summed E-state index contributed by atoms with van der Waals surface area (Å²) in [7, 11) is 0. The minimum Gasteiger partial charge on any atom is -0.367 e. The highest BCUT2D eigenvalue weighted by Crippen LogP contribution is 2.33. The second kappa shape index (κ2) is 4.74. The van der Waals surface area contributed by atoms with Crippen LogP contribution in [0.4, 0.5) is 5.82 Å². The van der Waals surface area contributed by atoms with E-state index in [2.05, 4.69) is 21.6 Å². The molecule has 78 valence electrons. The molecular formula is C11H14N4.